The standard InChI is InChI=1S/C15H22O5/c16-11-15(12-17)19-9-14(10-20-15)6-7-18-8-13-4-2-1-3-5-13/h1-5,14,16-17H,6-12H2. The molecule has 112 valence electrons. The quantitative estimate of drug-likeness (QED) is 0.728. The second-order valence-corrected chi connectivity index (χ2v) is 5.04. The Labute approximate surface area is 119 Å². The van der Waals surface area contributed by atoms with Gasteiger partial charge in [0.15, 0.2) is 0 Å². The smallest absolute Gasteiger partial charge is 0.215 e. The van der Waals surface area contributed by atoms with E-state index in [-0.39, 0.29) is 19.1 Å². The maximum absolute atomic E-state index is 9.13. The molecule has 0 bridgehead atoms. The van der Waals surface area contributed by atoms with Gasteiger partial charge in [-0.3, -0.25) is 0 Å². The first-order valence-corrected chi connectivity index (χ1v) is 6.89. The van der Waals surface area contributed by atoms with Crippen LogP contribution >= 0.6 is 0 Å². The third-order valence-corrected chi connectivity index (χ3v) is 3.43. The van der Waals surface area contributed by atoms with Gasteiger partial charge in [0.1, 0.15) is 0 Å². The molecule has 20 heavy (non-hydrogen) atoms. The van der Waals surface area contributed by atoms with E-state index >= 15 is 0 Å². The van der Waals surface area contributed by atoms with Gasteiger partial charge in [0.05, 0.1) is 33.0 Å². The Morgan fingerprint density at radius 2 is 1.75 bits per heavy atom. The number of aliphatic hydroxyl groups excluding tert-OH is 2. The fourth-order valence-electron chi connectivity index (χ4n) is 2.04. The highest BCUT2D eigenvalue weighted by Crippen LogP contribution is 2.22. The van der Waals surface area contributed by atoms with Gasteiger partial charge in [-0.2, -0.15) is 0 Å². The molecule has 0 amide bonds. The van der Waals surface area contributed by atoms with E-state index in [2.05, 4.69) is 0 Å². The lowest BCUT2D eigenvalue weighted by Crippen LogP contribution is -2.50. The van der Waals surface area contributed by atoms with Crippen molar-refractivity contribution in [1.29, 1.82) is 0 Å². The van der Waals surface area contributed by atoms with Gasteiger partial charge in [-0.1, -0.05) is 30.3 Å². The molecule has 0 saturated carbocycles. The van der Waals surface area contributed by atoms with Crippen molar-refractivity contribution in [3.63, 3.8) is 0 Å². The fraction of sp³-hybridized carbons (Fsp3) is 0.600. The van der Waals surface area contributed by atoms with E-state index in [0.29, 0.717) is 26.4 Å². The minimum atomic E-state index is -1.22. The molecule has 0 unspecified atom stereocenters. The Bertz CT molecular complexity index is 367. The zero-order chi connectivity index (χ0) is 14.3. The highest BCUT2D eigenvalue weighted by Gasteiger charge is 2.36. The van der Waals surface area contributed by atoms with Crippen molar-refractivity contribution in [2.24, 2.45) is 5.92 Å². The summed E-state index contributed by atoms with van der Waals surface area (Å²) in [5, 5.41) is 18.3. The normalized spacial score (nSPS) is 19.1. The van der Waals surface area contributed by atoms with Crippen molar-refractivity contribution in [1.82, 2.24) is 0 Å². The first kappa shape index (κ1) is 15.4. The molecule has 1 fully saturated rings. The molecular weight excluding hydrogens is 260 g/mol. The Morgan fingerprint density at radius 3 is 2.35 bits per heavy atom. The molecule has 0 aliphatic carbocycles. The summed E-state index contributed by atoms with van der Waals surface area (Å²) in [6, 6.07) is 10.0. The SMILES string of the molecule is OCC1(CO)OCC(CCOCc2ccccc2)CO1. The maximum atomic E-state index is 9.13. The molecule has 0 atom stereocenters. The van der Waals surface area contributed by atoms with E-state index in [1.807, 2.05) is 30.3 Å². The average Bonchev–Trinajstić information content (AvgIpc) is 2.53. The molecule has 1 saturated heterocycles. The van der Waals surface area contributed by atoms with Gasteiger partial charge < -0.3 is 24.4 Å². The molecule has 0 radical (unpaired) electrons. The molecule has 0 aromatic heterocycles. The van der Waals surface area contributed by atoms with Crippen LogP contribution < -0.4 is 0 Å². The van der Waals surface area contributed by atoms with Crippen LogP contribution in [0.15, 0.2) is 30.3 Å². The average molecular weight is 282 g/mol. The lowest BCUT2D eigenvalue weighted by Gasteiger charge is -2.37. The van der Waals surface area contributed by atoms with Gasteiger partial charge in [-0.25, -0.2) is 0 Å². The summed E-state index contributed by atoms with van der Waals surface area (Å²) in [5.74, 6) is -0.988. The van der Waals surface area contributed by atoms with Gasteiger partial charge in [-0.15, -0.1) is 0 Å². The largest absolute Gasteiger partial charge is 0.391 e. The number of hydrogen-bond donors (Lipinski definition) is 2. The van der Waals surface area contributed by atoms with Gasteiger partial charge >= 0.3 is 0 Å². The molecule has 5 nitrogen and oxygen atoms in total. The zero-order valence-corrected chi connectivity index (χ0v) is 11.5. The molecule has 5 heteroatoms. The van der Waals surface area contributed by atoms with Crippen molar-refractivity contribution in [3.05, 3.63) is 35.9 Å². The topological polar surface area (TPSA) is 68.2 Å². The molecular formula is C15H22O5. The Kier molecular flexibility index (Phi) is 5.94. The van der Waals surface area contributed by atoms with Crippen molar-refractivity contribution in [2.75, 3.05) is 33.0 Å². The Balaban J connectivity index is 1.62. The summed E-state index contributed by atoms with van der Waals surface area (Å²) >= 11 is 0. The number of aliphatic hydroxyl groups is 2. The number of hydrogen-bond acceptors (Lipinski definition) is 5. The number of ether oxygens (including phenoxy) is 3. The van der Waals surface area contributed by atoms with Gasteiger partial charge in [0.25, 0.3) is 0 Å². The summed E-state index contributed by atoms with van der Waals surface area (Å²) in [6.07, 6.45) is 0.833. The van der Waals surface area contributed by atoms with Crippen LogP contribution in [0.2, 0.25) is 0 Å². The predicted octanol–water partition coefficient (Wildman–Crippen LogP) is 0.937. The van der Waals surface area contributed by atoms with Crippen molar-refractivity contribution >= 4 is 0 Å². The zero-order valence-electron chi connectivity index (χ0n) is 11.5. The Hall–Kier alpha value is -0.980. The summed E-state index contributed by atoms with van der Waals surface area (Å²) in [6.45, 7) is 1.51. The third-order valence-electron chi connectivity index (χ3n) is 3.43. The highest BCUT2D eigenvalue weighted by atomic mass is 16.7. The molecule has 1 aliphatic rings. The minimum Gasteiger partial charge on any atom is -0.391 e. The van der Waals surface area contributed by atoms with Gasteiger partial charge in [0, 0.05) is 12.5 Å². The molecule has 1 aliphatic heterocycles. The van der Waals surface area contributed by atoms with E-state index < -0.39 is 5.79 Å². The molecule has 1 aromatic rings. The summed E-state index contributed by atoms with van der Waals surface area (Å²) in [5.41, 5.74) is 1.16. The van der Waals surface area contributed by atoms with E-state index in [1.165, 1.54) is 0 Å². The first-order chi connectivity index (χ1) is 9.78. The molecule has 0 spiro atoms. The van der Waals surface area contributed by atoms with E-state index in [4.69, 9.17) is 24.4 Å². The van der Waals surface area contributed by atoms with Crippen LogP contribution in [0.3, 0.4) is 0 Å². The van der Waals surface area contributed by atoms with Crippen LogP contribution in [0.25, 0.3) is 0 Å². The molecule has 2 N–H and O–H groups in total. The second-order valence-electron chi connectivity index (χ2n) is 5.04. The van der Waals surface area contributed by atoms with E-state index in [1.54, 1.807) is 0 Å². The summed E-state index contributed by atoms with van der Waals surface area (Å²) in [7, 11) is 0. The van der Waals surface area contributed by atoms with Crippen LogP contribution in [0.1, 0.15) is 12.0 Å². The lowest BCUT2D eigenvalue weighted by atomic mass is 10.1. The lowest BCUT2D eigenvalue weighted by molar-refractivity contribution is -0.310. The first-order valence-electron chi connectivity index (χ1n) is 6.89. The predicted molar refractivity (Wildman–Crippen MR) is 73.0 cm³/mol. The highest BCUT2D eigenvalue weighted by molar-refractivity contribution is 5.13. The van der Waals surface area contributed by atoms with Crippen molar-refractivity contribution in [2.45, 2.75) is 18.8 Å². The van der Waals surface area contributed by atoms with Crippen LogP contribution in [-0.2, 0) is 20.8 Å². The molecule has 1 aromatic carbocycles. The monoisotopic (exact) mass is 282 g/mol. The molecule has 2 rings (SSSR count). The fourth-order valence-corrected chi connectivity index (χ4v) is 2.04. The van der Waals surface area contributed by atoms with Gasteiger partial charge in [-0.05, 0) is 12.0 Å². The molecule has 1 heterocycles. The maximum Gasteiger partial charge on any atom is 0.215 e. The number of benzene rings is 1. The van der Waals surface area contributed by atoms with Crippen LogP contribution in [0, 0.1) is 5.92 Å². The van der Waals surface area contributed by atoms with Crippen molar-refractivity contribution in [3.8, 4) is 0 Å². The van der Waals surface area contributed by atoms with Crippen molar-refractivity contribution < 1.29 is 24.4 Å². The summed E-state index contributed by atoms with van der Waals surface area (Å²) < 4.78 is 16.4. The van der Waals surface area contributed by atoms with E-state index in [9.17, 15) is 0 Å². The minimum absolute atomic E-state index is 0.233. The van der Waals surface area contributed by atoms with Crippen LogP contribution in [-0.4, -0.2) is 49.0 Å². The van der Waals surface area contributed by atoms with Crippen LogP contribution in [0.4, 0.5) is 0 Å². The van der Waals surface area contributed by atoms with Gasteiger partial charge in [0.2, 0.25) is 5.79 Å². The summed E-state index contributed by atoms with van der Waals surface area (Å²) in [4.78, 5) is 0. The number of rotatable bonds is 7. The third kappa shape index (κ3) is 4.26. The second kappa shape index (κ2) is 7.71. The Morgan fingerprint density at radius 1 is 1.10 bits per heavy atom. The van der Waals surface area contributed by atoms with E-state index in [0.717, 1.165) is 12.0 Å². The van der Waals surface area contributed by atoms with Crippen LogP contribution in [0.5, 0.6) is 0 Å².